The zero-order valence-corrected chi connectivity index (χ0v) is 16.8. The molecule has 6 nitrogen and oxygen atoms in total. The maximum atomic E-state index is 12.5. The maximum absolute atomic E-state index is 12.5. The summed E-state index contributed by atoms with van der Waals surface area (Å²) in [4.78, 5) is 17.2. The lowest BCUT2D eigenvalue weighted by Gasteiger charge is -2.19. The van der Waals surface area contributed by atoms with Gasteiger partial charge in [0.2, 0.25) is 5.91 Å². The van der Waals surface area contributed by atoms with Gasteiger partial charge in [-0.05, 0) is 30.2 Å². The minimum Gasteiger partial charge on any atom is -0.486 e. The number of aromatic nitrogens is 2. The van der Waals surface area contributed by atoms with E-state index >= 15 is 0 Å². The van der Waals surface area contributed by atoms with E-state index < -0.39 is 0 Å². The van der Waals surface area contributed by atoms with Gasteiger partial charge in [-0.25, -0.2) is 4.98 Å². The predicted molar refractivity (Wildman–Crippen MR) is 111 cm³/mol. The SMILES string of the molecule is CC(C)Cn1c(SCC(=O)Nc2ccc3c(c2)OCCO3)nc2ccccc21. The van der Waals surface area contributed by atoms with E-state index in [4.69, 9.17) is 14.5 Å². The van der Waals surface area contributed by atoms with Crippen LogP contribution < -0.4 is 14.8 Å². The first-order chi connectivity index (χ1) is 13.6. The van der Waals surface area contributed by atoms with Crippen LogP contribution >= 0.6 is 11.8 Å². The number of anilines is 1. The quantitative estimate of drug-likeness (QED) is 0.632. The Morgan fingerprint density at radius 2 is 1.96 bits per heavy atom. The Morgan fingerprint density at radius 3 is 2.79 bits per heavy atom. The molecule has 0 saturated heterocycles. The number of hydrogen-bond acceptors (Lipinski definition) is 5. The molecule has 1 aliphatic heterocycles. The van der Waals surface area contributed by atoms with Gasteiger partial charge >= 0.3 is 0 Å². The third-order valence-electron chi connectivity index (χ3n) is 4.33. The number of carbonyl (C=O) groups is 1. The molecule has 0 atom stereocenters. The molecule has 0 fully saturated rings. The zero-order chi connectivity index (χ0) is 19.5. The lowest BCUT2D eigenvalue weighted by atomic mass is 10.2. The second kappa shape index (κ2) is 8.14. The molecule has 1 amide bonds. The van der Waals surface area contributed by atoms with Crippen molar-refractivity contribution >= 4 is 34.4 Å². The second-order valence-corrected chi connectivity index (χ2v) is 8.03. The van der Waals surface area contributed by atoms with Gasteiger partial charge in [-0.15, -0.1) is 0 Å². The molecular formula is C21H23N3O3S. The van der Waals surface area contributed by atoms with Crippen LogP contribution in [0.5, 0.6) is 11.5 Å². The number of carbonyl (C=O) groups excluding carboxylic acids is 1. The summed E-state index contributed by atoms with van der Waals surface area (Å²) in [6.07, 6.45) is 0. The Bertz CT molecular complexity index is 1000. The number of para-hydroxylation sites is 2. The fraction of sp³-hybridized carbons (Fsp3) is 0.333. The number of imidazole rings is 1. The third kappa shape index (κ3) is 4.09. The molecule has 0 spiro atoms. The molecule has 2 aromatic carbocycles. The van der Waals surface area contributed by atoms with Crippen molar-refractivity contribution in [1.29, 1.82) is 0 Å². The standard InChI is InChI=1S/C21H23N3O3S/c1-14(2)12-24-17-6-4-3-5-16(17)23-21(24)28-13-20(25)22-15-7-8-18-19(11-15)27-10-9-26-18/h3-8,11,14H,9-10,12-13H2,1-2H3,(H,22,25). The summed E-state index contributed by atoms with van der Waals surface area (Å²) in [6.45, 7) is 6.29. The molecule has 3 aromatic rings. The van der Waals surface area contributed by atoms with Crippen LogP contribution in [-0.2, 0) is 11.3 Å². The maximum Gasteiger partial charge on any atom is 0.234 e. The Labute approximate surface area is 168 Å². The fourth-order valence-corrected chi connectivity index (χ4v) is 3.98. The van der Waals surface area contributed by atoms with Gasteiger partial charge in [0, 0.05) is 18.3 Å². The van der Waals surface area contributed by atoms with Gasteiger partial charge in [0.05, 0.1) is 16.8 Å². The minimum absolute atomic E-state index is 0.0789. The van der Waals surface area contributed by atoms with Crippen LogP contribution in [0.1, 0.15) is 13.8 Å². The van der Waals surface area contributed by atoms with Gasteiger partial charge in [0.25, 0.3) is 0 Å². The summed E-state index contributed by atoms with van der Waals surface area (Å²) in [5.41, 5.74) is 2.76. The van der Waals surface area contributed by atoms with E-state index in [0.29, 0.717) is 36.3 Å². The Balaban J connectivity index is 1.45. The molecule has 7 heteroatoms. The van der Waals surface area contributed by atoms with E-state index in [1.807, 2.05) is 30.3 Å². The largest absolute Gasteiger partial charge is 0.486 e. The van der Waals surface area contributed by atoms with Gasteiger partial charge < -0.3 is 19.4 Å². The van der Waals surface area contributed by atoms with Gasteiger partial charge in [-0.3, -0.25) is 4.79 Å². The molecule has 1 N–H and O–H groups in total. The molecule has 0 unspecified atom stereocenters. The van der Waals surface area contributed by atoms with Gasteiger partial charge in [-0.1, -0.05) is 37.7 Å². The summed E-state index contributed by atoms with van der Waals surface area (Å²) in [5.74, 6) is 2.07. The number of nitrogens with one attached hydrogen (secondary N) is 1. The summed E-state index contributed by atoms with van der Waals surface area (Å²) in [7, 11) is 0. The lowest BCUT2D eigenvalue weighted by Crippen LogP contribution is -2.17. The molecule has 146 valence electrons. The normalized spacial score (nSPS) is 13.1. The van der Waals surface area contributed by atoms with Crippen molar-refractivity contribution in [2.45, 2.75) is 25.5 Å². The van der Waals surface area contributed by atoms with Crippen LogP contribution in [0.25, 0.3) is 11.0 Å². The summed E-state index contributed by atoms with van der Waals surface area (Å²) < 4.78 is 13.3. The first-order valence-electron chi connectivity index (χ1n) is 9.38. The number of fused-ring (bicyclic) bond motifs is 2. The first kappa shape index (κ1) is 18.7. The predicted octanol–water partition coefficient (Wildman–Crippen LogP) is 4.19. The molecule has 2 heterocycles. The van der Waals surface area contributed by atoms with E-state index in [1.54, 1.807) is 6.07 Å². The molecule has 0 bridgehead atoms. The van der Waals surface area contributed by atoms with Crippen LogP contribution in [0.2, 0.25) is 0 Å². The van der Waals surface area contributed by atoms with Gasteiger partial charge in [-0.2, -0.15) is 0 Å². The van der Waals surface area contributed by atoms with Crippen LogP contribution in [0, 0.1) is 5.92 Å². The van der Waals surface area contributed by atoms with Crippen molar-refractivity contribution < 1.29 is 14.3 Å². The van der Waals surface area contributed by atoms with Crippen LogP contribution in [-0.4, -0.2) is 34.4 Å². The van der Waals surface area contributed by atoms with E-state index in [1.165, 1.54) is 11.8 Å². The zero-order valence-electron chi connectivity index (χ0n) is 16.0. The van der Waals surface area contributed by atoms with Crippen LogP contribution in [0.15, 0.2) is 47.6 Å². The Morgan fingerprint density at radius 1 is 1.18 bits per heavy atom. The fourth-order valence-electron chi connectivity index (χ4n) is 3.15. The molecule has 1 aromatic heterocycles. The highest BCUT2D eigenvalue weighted by atomic mass is 32.2. The van der Waals surface area contributed by atoms with Crippen LogP contribution in [0.4, 0.5) is 5.69 Å². The monoisotopic (exact) mass is 397 g/mol. The average molecular weight is 398 g/mol. The van der Waals surface area contributed by atoms with Crippen molar-refractivity contribution in [3.05, 3.63) is 42.5 Å². The highest BCUT2D eigenvalue weighted by molar-refractivity contribution is 7.99. The third-order valence-corrected chi connectivity index (χ3v) is 5.30. The Kier molecular flexibility index (Phi) is 5.43. The van der Waals surface area contributed by atoms with Crippen molar-refractivity contribution in [1.82, 2.24) is 9.55 Å². The summed E-state index contributed by atoms with van der Waals surface area (Å²) >= 11 is 1.45. The second-order valence-electron chi connectivity index (χ2n) is 7.08. The average Bonchev–Trinajstić information content (AvgIpc) is 3.03. The lowest BCUT2D eigenvalue weighted by molar-refractivity contribution is -0.113. The summed E-state index contributed by atoms with van der Waals surface area (Å²) in [5, 5.41) is 3.79. The highest BCUT2D eigenvalue weighted by Crippen LogP contribution is 2.32. The molecule has 0 saturated carbocycles. The number of amides is 1. The number of ether oxygens (including phenoxy) is 2. The van der Waals surface area contributed by atoms with Crippen molar-refractivity contribution in [3.8, 4) is 11.5 Å². The molecule has 28 heavy (non-hydrogen) atoms. The van der Waals surface area contributed by atoms with E-state index in [0.717, 1.165) is 22.7 Å². The number of thioether (sulfide) groups is 1. The minimum atomic E-state index is -0.0789. The van der Waals surface area contributed by atoms with Gasteiger partial charge in [0.1, 0.15) is 13.2 Å². The number of benzene rings is 2. The molecule has 0 aliphatic carbocycles. The van der Waals surface area contributed by atoms with Crippen molar-refractivity contribution in [2.24, 2.45) is 5.92 Å². The van der Waals surface area contributed by atoms with Crippen LogP contribution in [0.3, 0.4) is 0 Å². The van der Waals surface area contributed by atoms with E-state index in [9.17, 15) is 4.79 Å². The summed E-state index contributed by atoms with van der Waals surface area (Å²) in [6, 6.07) is 13.5. The molecule has 1 aliphatic rings. The molecule has 0 radical (unpaired) electrons. The smallest absolute Gasteiger partial charge is 0.234 e. The van der Waals surface area contributed by atoms with Gasteiger partial charge in [0.15, 0.2) is 16.7 Å². The van der Waals surface area contributed by atoms with E-state index in [2.05, 4.69) is 29.8 Å². The number of hydrogen-bond donors (Lipinski definition) is 1. The topological polar surface area (TPSA) is 65.4 Å². The first-order valence-corrected chi connectivity index (χ1v) is 10.4. The van der Waals surface area contributed by atoms with Crippen molar-refractivity contribution in [2.75, 3.05) is 24.3 Å². The molecule has 4 rings (SSSR count). The number of rotatable bonds is 6. The van der Waals surface area contributed by atoms with E-state index in [-0.39, 0.29) is 11.7 Å². The van der Waals surface area contributed by atoms with Crippen molar-refractivity contribution in [3.63, 3.8) is 0 Å². The molecular weight excluding hydrogens is 374 g/mol. The Hall–Kier alpha value is -2.67. The number of nitrogens with zero attached hydrogens (tertiary/aromatic N) is 2. The highest BCUT2D eigenvalue weighted by Gasteiger charge is 2.15.